The van der Waals surface area contributed by atoms with Crippen molar-refractivity contribution >= 4 is 22.9 Å². The second kappa shape index (κ2) is 10.1. The number of carbonyl (C=O) groups is 1. The van der Waals surface area contributed by atoms with Crippen molar-refractivity contribution in [3.8, 4) is 11.5 Å². The van der Waals surface area contributed by atoms with E-state index in [1.807, 2.05) is 48.7 Å². The van der Waals surface area contributed by atoms with Crippen molar-refractivity contribution in [2.75, 3.05) is 12.0 Å². The number of amides is 1. The van der Waals surface area contributed by atoms with Crippen LogP contribution in [0.2, 0.25) is 0 Å². The summed E-state index contributed by atoms with van der Waals surface area (Å²) in [4.78, 5) is 20.5. The zero-order valence-electron chi connectivity index (χ0n) is 17.9. The van der Waals surface area contributed by atoms with Crippen LogP contribution in [0, 0.1) is 0 Å². The fraction of sp³-hybridized carbons (Fsp3) is 0.208. The summed E-state index contributed by atoms with van der Waals surface area (Å²) in [6.07, 6.45) is 0.681. The average Bonchev–Trinajstić information content (AvgIpc) is 3.53. The van der Waals surface area contributed by atoms with E-state index in [-0.39, 0.29) is 12.5 Å². The summed E-state index contributed by atoms with van der Waals surface area (Å²) in [5.41, 5.74) is 1.37. The molecule has 0 fully saturated rings. The Balaban J connectivity index is 1.49. The third kappa shape index (κ3) is 5.15. The molecule has 0 unspecified atom stereocenters. The summed E-state index contributed by atoms with van der Waals surface area (Å²) in [7, 11) is 1.62. The van der Waals surface area contributed by atoms with Crippen LogP contribution in [-0.4, -0.2) is 23.2 Å². The first-order valence-electron chi connectivity index (χ1n) is 10.2. The van der Waals surface area contributed by atoms with E-state index in [1.165, 1.54) is 0 Å². The van der Waals surface area contributed by atoms with Gasteiger partial charge in [0.1, 0.15) is 11.5 Å². The molecule has 0 aliphatic carbocycles. The highest BCUT2D eigenvalue weighted by molar-refractivity contribution is 7.09. The Morgan fingerprint density at radius 1 is 1.06 bits per heavy atom. The molecule has 2 heterocycles. The van der Waals surface area contributed by atoms with Gasteiger partial charge in [0.05, 0.1) is 13.7 Å². The number of benzene rings is 2. The Morgan fingerprint density at radius 2 is 1.81 bits per heavy atom. The van der Waals surface area contributed by atoms with Gasteiger partial charge in [-0.1, -0.05) is 18.1 Å². The van der Waals surface area contributed by atoms with Crippen LogP contribution in [0.15, 0.2) is 70.6 Å². The lowest BCUT2D eigenvalue weighted by molar-refractivity contribution is 0.0985. The van der Waals surface area contributed by atoms with Crippen molar-refractivity contribution in [3.63, 3.8) is 0 Å². The molecule has 0 aliphatic heterocycles. The van der Waals surface area contributed by atoms with Gasteiger partial charge in [-0.2, -0.15) is 4.98 Å². The average molecular weight is 450 g/mol. The molecule has 0 aliphatic rings. The fourth-order valence-electron chi connectivity index (χ4n) is 3.09. The van der Waals surface area contributed by atoms with Crippen molar-refractivity contribution in [1.29, 1.82) is 0 Å². The first-order chi connectivity index (χ1) is 15.7. The van der Waals surface area contributed by atoms with E-state index in [1.54, 1.807) is 47.6 Å². The van der Waals surface area contributed by atoms with Gasteiger partial charge in [0.15, 0.2) is 6.61 Å². The SMILES string of the molecule is CCc1nc(COc2ccc(C(=O)N(Cc3cccs3)c3ccc(OC)cc3)cc2)no1. The number of hydrogen-bond donors (Lipinski definition) is 0. The highest BCUT2D eigenvalue weighted by atomic mass is 32.1. The van der Waals surface area contributed by atoms with Gasteiger partial charge < -0.3 is 18.9 Å². The first kappa shape index (κ1) is 21.6. The van der Waals surface area contributed by atoms with E-state index in [9.17, 15) is 4.79 Å². The van der Waals surface area contributed by atoms with Crippen LogP contribution in [0.4, 0.5) is 5.69 Å². The van der Waals surface area contributed by atoms with Crippen LogP contribution < -0.4 is 14.4 Å². The number of carbonyl (C=O) groups excluding carboxylic acids is 1. The van der Waals surface area contributed by atoms with Crippen molar-refractivity contribution in [2.24, 2.45) is 0 Å². The molecule has 0 radical (unpaired) electrons. The van der Waals surface area contributed by atoms with Gasteiger partial charge in [-0.05, 0) is 60.0 Å². The molecule has 4 aromatic rings. The normalized spacial score (nSPS) is 10.7. The van der Waals surface area contributed by atoms with Gasteiger partial charge in [0, 0.05) is 22.5 Å². The van der Waals surface area contributed by atoms with E-state index in [0.717, 1.165) is 16.3 Å². The monoisotopic (exact) mass is 449 g/mol. The second-order valence-corrected chi connectivity index (χ2v) is 7.97. The molecular weight excluding hydrogens is 426 g/mol. The maximum atomic E-state index is 13.4. The third-order valence-electron chi connectivity index (χ3n) is 4.81. The Bertz CT molecular complexity index is 1140. The molecule has 32 heavy (non-hydrogen) atoms. The largest absolute Gasteiger partial charge is 0.497 e. The highest BCUT2D eigenvalue weighted by Crippen LogP contribution is 2.25. The minimum absolute atomic E-state index is 0.0964. The molecule has 2 aromatic carbocycles. The third-order valence-corrected chi connectivity index (χ3v) is 5.67. The van der Waals surface area contributed by atoms with Crippen molar-refractivity contribution < 1.29 is 18.8 Å². The van der Waals surface area contributed by atoms with Gasteiger partial charge in [0.2, 0.25) is 11.7 Å². The van der Waals surface area contributed by atoms with E-state index in [4.69, 9.17) is 14.0 Å². The quantitative estimate of drug-likeness (QED) is 0.353. The van der Waals surface area contributed by atoms with Crippen LogP contribution in [-0.2, 0) is 19.6 Å². The molecule has 0 bridgehead atoms. The van der Waals surface area contributed by atoms with Gasteiger partial charge in [-0.25, -0.2) is 0 Å². The number of aryl methyl sites for hydroxylation is 1. The molecule has 0 spiro atoms. The van der Waals surface area contributed by atoms with Gasteiger partial charge in [-0.3, -0.25) is 4.79 Å². The standard InChI is InChI=1S/C24H23N3O4S/c1-3-23-25-22(26-31-23)16-30-20-10-6-17(7-11-20)24(28)27(15-21-5-4-14-32-21)18-8-12-19(29-2)13-9-18/h4-14H,3,15-16H2,1-2H3. The lowest BCUT2D eigenvalue weighted by Crippen LogP contribution is -2.30. The second-order valence-electron chi connectivity index (χ2n) is 6.94. The topological polar surface area (TPSA) is 77.7 Å². The van der Waals surface area contributed by atoms with Crippen molar-refractivity contribution in [1.82, 2.24) is 10.1 Å². The molecule has 2 aromatic heterocycles. The first-order valence-corrected chi connectivity index (χ1v) is 11.1. The molecular formula is C24H23N3O4S. The van der Waals surface area contributed by atoms with E-state index in [2.05, 4.69) is 10.1 Å². The molecule has 0 saturated carbocycles. The molecule has 7 nitrogen and oxygen atoms in total. The number of anilines is 1. The Morgan fingerprint density at radius 3 is 2.44 bits per heavy atom. The van der Waals surface area contributed by atoms with Crippen LogP contribution in [0.25, 0.3) is 0 Å². The summed E-state index contributed by atoms with van der Waals surface area (Å²) < 4.78 is 16.0. The summed E-state index contributed by atoms with van der Waals surface area (Å²) in [5, 5.41) is 5.88. The van der Waals surface area contributed by atoms with Crippen LogP contribution in [0.3, 0.4) is 0 Å². The molecule has 8 heteroatoms. The summed E-state index contributed by atoms with van der Waals surface area (Å²) in [5.74, 6) is 2.34. The highest BCUT2D eigenvalue weighted by Gasteiger charge is 2.19. The van der Waals surface area contributed by atoms with Crippen LogP contribution in [0.5, 0.6) is 11.5 Å². The van der Waals surface area contributed by atoms with Crippen LogP contribution in [0.1, 0.15) is 33.9 Å². The Hall–Kier alpha value is -3.65. The fourth-order valence-corrected chi connectivity index (χ4v) is 3.78. The summed E-state index contributed by atoms with van der Waals surface area (Å²) in [6.45, 7) is 2.63. The molecule has 4 rings (SSSR count). The lowest BCUT2D eigenvalue weighted by atomic mass is 10.1. The Kier molecular flexibility index (Phi) is 6.81. The maximum Gasteiger partial charge on any atom is 0.258 e. The molecule has 1 amide bonds. The minimum Gasteiger partial charge on any atom is -0.497 e. The zero-order chi connectivity index (χ0) is 22.3. The Labute approximate surface area is 190 Å². The van der Waals surface area contributed by atoms with E-state index < -0.39 is 0 Å². The van der Waals surface area contributed by atoms with Crippen molar-refractivity contribution in [3.05, 3.63) is 88.2 Å². The molecule has 0 saturated heterocycles. The minimum atomic E-state index is -0.0964. The predicted molar refractivity (Wildman–Crippen MR) is 122 cm³/mol. The van der Waals surface area contributed by atoms with E-state index >= 15 is 0 Å². The molecule has 0 atom stereocenters. The number of methoxy groups -OCH3 is 1. The van der Waals surface area contributed by atoms with Gasteiger partial charge in [-0.15, -0.1) is 11.3 Å². The smallest absolute Gasteiger partial charge is 0.258 e. The predicted octanol–water partition coefficient (Wildman–Crippen LogP) is 5.13. The molecule has 164 valence electrons. The maximum absolute atomic E-state index is 13.4. The molecule has 0 N–H and O–H groups in total. The summed E-state index contributed by atoms with van der Waals surface area (Å²) in [6, 6.07) is 18.5. The summed E-state index contributed by atoms with van der Waals surface area (Å²) >= 11 is 1.62. The number of hydrogen-bond acceptors (Lipinski definition) is 7. The number of rotatable bonds is 9. The van der Waals surface area contributed by atoms with Crippen molar-refractivity contribution in [2.45, 2.75) is 26.5 Å². The number of aromatic nitrogens is 2. The number of nitrogens with zero attached hydrogens (tertiary/aromatic N) is 3. The zero-order valence-corrected chi connectivity index (χ0v) is 18.7. The van der Waals surface area contributed by atoms with Gasteiger partial charge >= 0.3 is 0 Å². The number of thiophene rings is 1. The van der Waals surface area contributed by atoms with Crippen LogP contribution >= 0.6 is 11.3 Å². The van der Waals surface area contributed by atoms with Gasteiger partial charge in [0.25, 0.3) is 5.91 Å². The lowest BCUT2D eigenvalue weighted by Gasteiger charge is -2.23. The van der Waals surface area contributed by atoms with E-state index in [0.29, 0.717) is 36.0 Å². The number of ether oxygens (including phenoxy) is 2.